The van der Waals surface area contributed by atoms with Crippen LogP contribution in [0.3, 0.4) is 0 Å². The van der Waals surface area contributed by atoms with Gasteiger partial charge in [-0.15, -0.1) is 0 Å². The van der Waals surface area contributed by atoms with E-state index in [2.05, 4.69) is 0 Å². The van der Waals surface area contributed by atoms with Crippen LogP contribution < -0.4 is 4.74 Å². The summed E-state index contributed by atoms with van der Waals surface area (Å²) in [6.07, 6.45) is -5.02. The number of likely N-dealkylation sites (N-methyl/N-ethyl adjacent to an activating group) is 1. The molecule has 0 amide bonds. The minimum atomic E-state index is -4.42. The lowest BCUT2D eigenvalue weighted by Crippen LogP contribution is -2.30. The fourth-order valence-corrected chi connectivity index (χ4v) is 4.63. The predicted molar refractivity (Wildman–Crippen MR) is 109 cm³/mol. The van der Waals surface area contributed by atoms with E-state index in [9.17, 15) is 17.7 Å². The molecule has 166 valence electrons. The van der Waals surface area contributed by atoms with Crippen molar-refractivity contribution in [3.8, 4) is 5.75 Å². The number of benzene rings is 2. The molecule has 0 saturated heterocycles. The van der Waals surface area contributed by atoms with E-state index < -0.39 is 25.6 Å². The maximum Gasteiger partial charge on any atom is 0.416 e. The molecule has 0 spiro atoms. The molecule has 2 rings (SSSR count). The summed E-state index contributed by atoms with van der Waals surface area (Å²) < 4.78 is 70.2. The van der Waals surface area contributed by atoms with Crippen molar-refractivity contribution in [1.82, 2.24) is 4.67 Å². The Kier molecular flexibility index (Phi) is 8.92. The molecule has 0 aliphatic heterocycles. The van der Waals surface area contributed by atoms with E-state index in [1.54, 1.807) is 18.5 Å². The molecule has 0 N–H and O–H groups in total. The van der Waals surface area contributed by atoms with Crippen molar-refractivity contribution in [3.05, 3.63) is 65.7 Å². The average molecular weight is 445 g/mol. The summed E-state index contributed by atoms with van der Waals surface area (Å²) in [7, 11) is -3.53. The molecule has 0 radical (unpaired) electrons. The molecule has 0 heterocycles. The summed E-state index contributed by atoms with van der Waals surface area (Å²) in [4.78, 5) is 0. The van der Waals surface area contributed by atoms with Crippen molar-refractivity contribution < 1.29 is 31.5 Å². The lowest BCUT2D eigenvalue weighted by atomic mass is 10.1. The number of alkyl halides is 3. The smallest absolute Gasteiger partial charge is 0.416 e. The first-order chi connectivity index (χ1) is 14.2. The first-order valence-corrected chi connectivity index (χ1v) is 11.3. The van der Waals surface area contributed by atoms with Crippen LogP contribution in [0, 0.1) is 0 Å². The summed E-state index contributed by atoms with van der Waals surface area (Å²) in [6, 6.07) is 13.7. The van der Waals surface area contributed by atoms with E-state index in [1.807, 2.05) is 37.3 Å². The maximum atomic E-state index is 13.2. The molecular formula is C21H27F3NO4P. The van der Waals surface area contributed by atoms with E-state index in [0.29, 0.717) is 6.54 Å². The van der Waals surface area contributed by atoms with Crippen LogP contribution in [0.5, 0.6) is 5.75 Å². The fourth-order valence-electron chi connectivity index (χ4n) is 2.89. The van der Waals surface area contributed by atoms with Gasteiger partial charge in [-0.05, 0) is 43.7 Å². The molecular weight excluding hydrogens is 418 g/mol. The Hall–Kier alpha value is -1.86. The van der Waals surface area contributed by atoms with Crippen LogP contribution in [-0.4, -0.2) is 31.0 Å². The van der Waals surface area contributed by atoms with Crippen LogP contribution >= 0.6 is 7.75 Å². The van der Waals surface area contributed by atoms with Crippen molar-refractivity contribution in [2.45, 2.75) is 33.1 Å². The van der Waals surface area contributed by atoms with Gasteiger partial charge in [-0.3, -0.25) is 9.05 Å². The Bertz CT molecular complexity index is 805. The molecule has 1 unspecified atom stereocenters. The number of nitrogens with zero attached hydrogens (tertiary/aromatic N) is 1. The lowest BCUT2D eigenvalue weighted by molar-refractivity contribution is -0.137. The van der Waals surface area contributed by atoms with Gasteiger partial charge in [0.25, 0.3) is 0 Å². The molecule has 0 aliphatic carbocycles. The number of ether oxygens (including phenoxy) is 1. The quantitative estimate of drug-likeness (QED) is 0.379. The largest absolute Gasteiger partial charge is 0.484 e. The highest BCUT2D eigenvalue weighted by Gasteiger charge is 2.35. The molecule has 0 aromatic heterocycles. The summed E-state index contributed by atoms with van der Waals surface area (Å²) in [5.74, 6) is 0.274. The number of rotatable bonds is 11. The van der Waals surface area contributed by atoms with Gasteiger partial charge in [-0.1, -0.05) is 37.3 Å². The number of hydrogen-bond acceptors (Lipinski definition) is 4. The van der Waals surface area contributed by atoms with Gasteiger partial charge >= 0.3 is 13.9 Å². The minimum absolute atomic E-state index is 0.165. The van der Waals surface area contributed by atoms with Crippen LogP contribution in [0.15, 0.2) is 54.6 Å². The van der Waals surface area contributed by atoms with Crippen molar-refractivity contribution in [2.75, 3.05) is 26.3 Å². The van der Waals surface area contributed by atoms with Gasteiger partial charge in [-0.2, -0.15) is 13.2 Å². The molecule has 0 saturated carbocycles. The zero-order valence-electron chi connectivity index (χ0n) is 17.3. The summed E-state index contributed by atoms with van der Waals surface area (Å²) >= 11 is 0. The summed E-state index contributed by atoms with van der Waals surface area (Å²) in [5, 5.41) is 0. The van der Waals surface area contributed by atoms with Gasteiger partial charge in [0.15, 0.2) is 0 Å². The summed E-state index contributed by atoms with van der Waals surface area (Å²) in [6.45, 7) is 6.24. The zero-order chi connectivity index (χ0) is 22.2. The highest BCUT2D eigenvalue weighted by atomic mass is 31.2. The van der Waals surface area contributed by atoms with Crippen LogP contribution in [-0.2, 0) is 19.8 Å². The van der Waals surface area contributed by atoms with E-state index in [0.717, 1.165) is 17.7 Å². The third-order valence-electron chi connectivity index (χ3n) is 4.30. The first kappa shape index (κ1) is 24.4. The van der Waals surface area contributed by atoms with Gasteiger partial charge < -0.3 is 4.74 Å². The van der Waals surface area contributed by atoms with Crippen molar-refractivity contribution in [1.29, 1.82) is 0 Å². The molecule has 9 heteroatoms. The third-order valence-corrected chi connectivity index (χ3v) is 6.61. The molecule has 5 nitrogen and oxygen atoms in total. The molecule has 0 bridgehead atoms. The Balaban J connectivity index is 2.30. The Morgan fingerprint density at radius 3 is 1.97 bits per heavy atom. The Morgan fingerprint density at radius 1 is 0.933 bits per heavy atom. The first-order valence-electron chi connectivity index (χ1n) is 9.76. The molecule has 30 heavy (non-hydrogen) atoms. The lowest BCUT2D eigenvalue weighted by Gasteiger charge is -2.32. The number of halogens is 3. The van der Waals surface area contributed by atoms with Gasteiger partial charge in [0.2, 0.25) is 0 Å². The van der Waals surface area contributed by atoms with E-state index in [4.69, 9.17) is 13.8 Å². The van der Waals surface area contributed by atoms with Gasteiger partial charge in [0.1, 0.15) is 11.9 Å². The Morgan fingerprint density at radius 2 is 1.50 bits per heavy atom. The maximum absolute atomic E-state index is 13.2. The van der Waals surface area contributed by atoms with Crippen molar-refractivity contribution in [3.63, 3.8) is 0 Å². The van der Waals surface area contributed by atoms with Crippen molar-refractivity contribution >= 4 is 7.75 Å². The minimum Gasteiger partial charge on any atom is -0.484 e. The molecule has 1 atom stereocenters. The average Bonchev–Trinajstić information content (AvgIpc) is 2.71. The topological polar surface area (TPSA) is 48.0 Å². The zero-order valence-corrected chi connectivity index (χ0v) is 18.2. The van der Waals surface area contributed by atoms with Crippen LogP contribution in [0.1, 0.15) is 38.0 Å². The SMILES string of the molecule is CCOP(=O)(OCC)N(CC)CC(Oc1ccc(C(F)(F)F)cc1)c1ccccc1. The molecule has 2 aromatic carbocycles. The monoisotopic (exact) mass is 445 g/mol. The van der Waals surface area contributed by atoms with Crippen LogP contribution in [0.25, 0.3) is 0 Å². The molecule has 0 fully saturated rings. The van der Waals surface area contributed by atoms with Crippen molar-refractivity contribution in [2.24, 2.45) is 0 Å². The normalized spacial score (nSPS) is 13.4. The standard InChI is InChI=1S/C21H27F3NO4P/c1-4-25(30(26,27-5-2)28-6-3)16-20(17-10-8-7-9-11-17)29-19-14-12-18(13-15-19)21(22,23)24/h7-15,20H,4-6,16H2,1-3H3. The van der Waals surface area contributed by atoms with Crippen LogP contribution in [0.2, 0.25) is 0 Å². The van der Waals surface area contributed by atoms with Gasteiger partial charge in [0.05, 0.1) is 25.3 Å². The fraction of sp³-hybridized carbons (Fsp3) is 0.429. The third kappa shape index (κ3) is 6.57. The molecule has 0 aliphatic rings. The van der Waals surface area contributed by atoms with Gasteiger partial charge in [-0.25, -0.2) is 9.24 Å². The second kappa shape index (κ2) is 11.0. The van der Waals surface area contributed by atoms with E-state index in [-0.39, 0.29) is 25.5 Å². The highest BCUT2D eigenvalue weighted by Crippen LogP contribution is 2.52. The predicted octanol–water partition coefficient (Wildman–Crippen LogP) is 6.33. The van der Waals surface area contributed by atoms with E-state index >= 15 is 0 Å². The summed E-state index contributed by atoms with van der Waals surface area (Å²) in [5.41, 5.74) is 0.0360. The molecule has 2 aromatic rings. The second-order valence-corrected chi connectivity index (χ2v) is 8.37. The highest BCUT2D eigenvalue weighted by molar-refractivity contribution is 7.51. The second-order valence-electron chi connectivity index (χ2n) is 6.35. The Labute approximate surface area is 175 Å². The number of hydrogen-bond donors (Lipinski definition) is 0. The van der Waals surface area contributed by atoms with Crippen LogP contribution in [0.4, 0.5) is 13.2 Å². The van der Waals surface area contributed by atoms with Gasteiger partial charge in [0, 0.05) is 6.54 Å². The van der Waals surface area contributed by atoms with E-state index in [1.165, 1.54) is 12.1 Å².